The zero-order chi connectivity index (χ0) is 15.6. The highest BCUT2D eigenvalue weighted by molar-refractivity contribution is 8.32. The van der Waals surface area contributed by atoms with Crippen molar-refractivity contribution in [2.75, 3.05) is 31.1 Å². The van der Waals surface area contributed by atoms with Crippen LogP contribution in [0.4, 0.5) is 13.2 Å². The number of ether oxygens (including phenoxy) is 1. The summed E-state index contributed by atoms with van der Waals surface area (Å²) in [6.07, 6.45) is 2.25. The molecular weight excluding hydrogens is 317 g/mol. The third kappa shape index (κ3) is 4.99. The Labute approximate surface area is 121 Å². The third-order valence-corrected chi connectivity index (χ3v) is 4.01. The summed E-state index contributed by atoms with van der Waals surface area (Å²) in [5.41, 5.74) is -2.72. The fourth-order valence-corrected chi connectivity index (χ4v) is 2.13. The fraction of sp³-hybridized carbons (Fsp3) is 0.636. The van der Waals surface area contributed by atoms with Gasteiger partial charge in [-0.25, -0.2) is 14.7 Å². The predicted molar refractivity (Wildman–Crippen MR) is 74.7 cm³/mol. The van der Waals surface area contributed by atoms with Crippen molar-refractivity contribution in [1.82, 2.24) is 9.78 Å². The van der Waals surface area contributed by atoms with Crippen molar-refractivity contribution in [1.29, 1.82) is 0 Å². The average Bonchev–Trinajstić information content (AvgIpc) is 2.23. The van der Waals surface area contributed by atoms with Crippen LogP contribution in [0.1, 0.15) is 5.56 Å². The molecule has 0 N–H and O–H groups in total. The Bertz CT molecular complexity index is 526. The fourth-order valence-electron chi connectivity index (χ4n) is 1.28. The summed E-state index contributed by atoms with van der Waals surface area (Å²) < 4.78 is 43.8. The monoisotopic (exact) mass is 332 g/mol. The van der Waals surface area contributed by atoms with Gasteiger partial charge in [-0.15, -0.1) is 0 Å². The highest BCUT2D eigenvalue weighted by atomic mass is 35.5. The molecule has 1 heterocycles. The topological polar surface area (TPSA) is 44.1 Å². The molecule has 0 spiro atoms. The highest BCUT2D eigenvalue weighted by Crippen LogP contribution is 2.33. The van der Waals surface area contributed by atoms with Crippen LogP contribution in [0, 0.1) is 0 Å². The summed E-state index contributed by atoms with van der Waals surface area (Å²) in [5.74, 6) is 0.793. The molecule has 0 amide bonds. The Hall–Kier alpha value is -0.730. The zero-order valence-electron chi connectivity index (χ0n) is 11.3. The molecule has 0 unspecified atom stereocenters. The van der Waals surface area contributed by atoms with Crippen molar-refractivity contribution in [2.45, 2.75) is 12.9 Å². The number of aromatic nitrogens is 2. The second-order valence-electron chi connectivity index (χ2n) is 5.00. The number of nitrogens with zero attached hydrogens (tertiary/aromatic N) is 2. The lowest BCUT2D eigenvalue weighted by Crippen LogP contribution is -2.31. The summed E-state index contributed by atoms with van der Waals surface area (Å²) >= 11 is 5.37. The first-order valence-electron chi connectivity index (χ1n) is 5.59. The van der Waals surface area contributed by atoms with Crippen molar-refractivity contribution < 1.29 is 17.9 Å². The minimum Gasteiger partial charge on any atom is -0.358 e. The molecule has 9 heteroatoms. The van der Waals surface area contributed by atoms with Gasteiger partial charge in [-0.1, -0.05) is 11.6 Å². The van der Waals surface area contributed by atoms with Gasteiger partial charge in [0.2, 0.25) is 0 Å². The van der Waals surface area contributed by atoms with Gasteiger partial charge in [0.15, 0.2) is 0 Å². The van der Waals surface area contributed by atoms with Gasteiger partial charge in [0.05, 0.1) is 17.8 Å². The van der Waals surface area contributed by atoms with Gasteiger partial charge >= 0.3 is 6.18 Å². The molecule has 0 fully saturated rings. The van der Waals surface area contributed by atoms with Crippen LogP contribution >= 0.6 is 21.6 Å². The van der Waals surface area contributed by atoms with Crippen molar-refractivity contribution in [3.63, 3.8) is 0 Å². The lowest BCUT2D eigenvalue weighted by atomic mass is 10.3. The lowest BCUT2D eigenvalue weighted by molar-refractivity contribution is -0.139. The van der Waals surface area contributed by atoms with E-state index in [4.69, 9.17) is 16.3 Å². The molecule has 4 nitrogen and oxygen atoms in total. The first-order valence-corrected chi connectivity index (χ1v) is 8.99. The van der Waals surface area contributed by atoms with Gasteiger partial charge in [0, 0.05) is 5.75 Å². The molecular formula is C11H16ClF3N2O2S. The minimum atomic E-state index is -4.81. The number of hydrogen-bond donors (Lipinski definition) is 0. The van der Waals surface area contributed by atoms with E-state index in [0.29, 0.717) is 11.3 Å². The maximum atomic E-state index is 12.7. The van der Waals surface area contributed by atoms with Gasteiger partial charge < -0.3 is 4.74 Å². The summed E-state index contributed by atoms with van der Waals surface area (Å²) in [7, 11) is -0.761. The quantitative estimate of drug-likeness (QED) is 0.778. The Morgan fingerprint density at radius 3 is 2.50 bits per heavy atom. The first kappa shape index (κ1) is 17.3. The number of hydrogen-bond acceptors (Lipinski definition) is 3. The SMILES string of the molecule is CS(C)(C)CCOCn1ncc(Cl)c(C(F)(F)F)c1=O. The van der Waals surface area contributed by atoms with E-state index in [-0.39, 0.29) is 6.73 Å². The van der Waals surface area contributed by atoms with Crippen LogP contribution in [0.3, 0.4) is 0 Å². The van der Waals surface area contributed by atoms with Gasteiger partial charge in [-0.3, -0.25) is 4.79 Å². The maximum absolute atomic E-state index is 12.7. The van der Waals surface area contributed by atoms with E-state index in [1.54, 1.807) is 0 Å². The molecule has 116 valence electrons. The Kier molecular flexibility index (Phi) is 5.51. The average molecular weight is 333 g/mol. The predicted octanol–water partition coefficient (Wildman–Crippen LogP) is 2.58. The Morgan fingerprint density at radius 1 is 1.40 bits per heavy atom. The zero-order valence-corrected chi connectivity index (χ0v) is 12.9. The number of halogens is 4. The summed E-state index contributed by atoms with van der Waals surface area (Å²) in [5, 5.41) is 2.83. The molecule has 0 aliphatic heterocycles. The van der Waals surface area contributed by atoms with Crippen molar-refractivity contribution in [2.24, 2.45) is 0 Å². The number of alkyl halides is 3. The molecule has 0 saturated carbocycles. The molecule has 0 radical (unpaired) electrons. The molecule has 0 saturated heterocycles. The van der Waals surface area contributed by atoms with Crippen LogP contribution < -0.4 is 5.56 Å². The second-order valence-corrected chi connectivity index (χ2v) is 10.00. The van der Waals surface area contributed by atoms with E-state index < -0.39 is 32.3 Å². The van der Waals surface area contributed by atoms with Crippen LogP contribution in [0.25, 0.3) is 0 Å². The number of rotatable bonds is 5. The van der Waals surface area contributed by atoms with Crippen LogP contribution in [-0.2, 0) is 17.6 Å². The van der Waals surface area contributed by atoms with Crippen molar-refractivity contribution in [3.05, 3.63) is 27.1 Å². The second kappa shape index (κ2) is 6.36. The molecule has 0 aromatic carbocycles. The smallest absolute Gasteiger partial charge is 0.358 e. The lowest BCUT2D eigenvalue weighted by Gasteiger charge is -2.24. The van der Waals surface area contributed by atoms with E-state index in [1.165, 1.54) is 0 Å². The molecule has 0 bridgehead atoms. The van der Waals surface area contributed by atoms with Crippen LogP contribution in [-0.4, -0.2) is 40.9 Å². The van der Waals surface area contributed by atoms with E-state index in [0.717, 1.165) is 11.9 Å². The van der Waals surface area contributed by atoms with E-state index >= 15 is 0 Å². The molecule has 1 rings (SSSR count). The van der Waals surface area contributed by atoms with Gasteiger partial charge in [-0.05, 0) is 18.8 Å². The van der Waals surface area contributed by atoms with Crippen molar-refractivity contribution >= 4 is 21.6 Å². The molecule has 0 atom stereocenters. The van der Waals surface area contributed by atoms with Crippen LogP contribution in [0.15, 0.2) is 11.0 Å². The van der Waals surface area contributed by atoms with Gasteiger partial charge in [0.25, 0.3) is 5.56 Å². The van der Waals surface area contributed by atoms with Gasteiger partial charge in [0.1, 0.15) is 12.3 Å². The van der Waals surface area contributed by atoms with Crippen molar-refractivity contribution in [3.8, 4) is 0 Å². The first-order chi connectivity index (χ1) is 9.02. The standard InChI is InChI=1S/C11H16ClF3N2O2S/c1-20(2,3)5-4-19-7-17-10(18)9(11(13,14)15)8(12)6-16-17/h6H,4-5,7H2,1-3H3. The van der Waals surface area contributed by atoms with E-state index in [2.05, 4.69) is 23.9 Å². The molecule has 20 heavy (non-hydrogen) atoms. The molecule has 1 aromatic rings. The van der Waals surface area contributed by atoms with E-state index in [9.17, 15) is 18.0 Å². The summed E-state index contributed by atoms with van der Waals surface area (Å²) in [4.78, 5) is 11.6. The maximum Gasteiger partial charge on any atom is 0.423 e. The third-order valence-electron chi connectivity index (χ3n) is 2.33. The minimum absolute atomic E-state index is 0.325. The van der Waals surface area contributed by atoms with Gasteiger partial charge in [-0.2, -0.15) is 18.3 Å². The Balaban J connectivity index is 2.81. The molecule has 0 aliphatic rings. The summed E-state index contributed by atoms with van der Waals surface area (Å²) in [6.45, 7) is 0.0333. The van der Waals surface area contributed by atoms with Crippen LogP contribution in [0.5, 0.6) is 0 Å². The molecule has 1 aromatic heterocycles. The normalized spacial score (nSPS) is 13.6. The summed E-state index contributed by atoms with van der Waals surface area (Å²) in [6, 6.07) is 0. The highest BCUT2D eigenvalue weighted by Gasteiger charge is 2.37. The van der Waals surface area contributed by atoms with Crippen LogP contribution in [0.2, 0.25) is 5.02 Å². The largest absolute Gasteiger partial charge is 0.423 e. The van der Waals surface area contributed by atoms with E-state index in [1.807, 2.05) is 0 Å². The Morgan fingerprint density at radius 2 is 2.00 bits per heavy atom. The molecule has 0 aliphatic carbocycles.